The summed E-state index contributed by atoms with van der Waals surface area (Å²) in [5.41, 5.74) is -0.632. The number of halogens is 3. The van der Waals surface area contributed by atoms with Crippen molar-refractivity contribution in [2.45, 2.75) is 45.4 Å². The molecule has 0 heterocycles. The lowest BCUT2D eigenvalue weighted by atomic mass is 9.73. The van der Waals surface area contributed by atoms with E-state index in [0.717, 1.165) is 0 Å². The standard InChI is InChI=1S/C11H18F3NO2/c1-10(2,3)17-9(16)15-6-7-4-5-8(7)11(12,13)14/h7-8H,4-6H2,1-3H3,(H,15,16). The second kappa shape index (κ2) is 4.74. The SMILES string of the molecule is CC(C)(C)OC(=O)NCC1CCC1C(F)(F)F. The minimum atomic E-state index is -4.15. The number of nitrogens with one attached hydrogen (secondary N) is 1. The third-order valence-corrected chi connectivity index (χ3v) is 2.75. The van der Waals surface area contributed by atoms with Crippen molar-refractivity contribution in [3.05, 3.63) is 0 Å². The molecule has 0 aromatic heterocycles. The lowest BCUT2D eigenvalue weighted by molar-refractivity contribution is -0.212. The molecule has 0 radical (unpaired) electrons. The number of ether oxygens (including phenoxy) is 1. The predicted molar refractivity (Wildman–Crippen MR) is 56.5 cm³/mol. The van der Waals surface area contributed by atoms with Gasteiger partial charge in [-0.05, 0) is 39.5 Å². The van der Waals surface area contributed by atoms with Crippen molar-refractivity contribution < 1.29 is 22.7 Å². The first kappa shape index (κ1) is 14.1. The molecule has 100 valence electrons. The van der Waals surface area contributed by atoms with Crippen LogP contribution < -0.4 is 5.32 Å². The van der Waals surface area contributed by atoms with Gasteiger partial charge in [0.25, 0.3) is 0 Å². The van der Waals surface area contributed by atoms with E-state index in [1.807, 2.05) is 0 Å². The van der Waals surface area contributed by atoms with Crippen LogP contribution in [0.15, 0.2) is 0 Å². The zero-order chi connectivity index (χ0) is 13.3. The van der Waals surface area contributed by atoms with Gasteiger partial charge in [-0.25, -0.2) is 4.79 Å². The molecule has 2 atom stereocenters. The van der Waals surface area contributed by atoms with Crippen molar-refractivity contribution >= 4 is 6.09 Å². The molecule has 17 heavy (non-hydrogen) atoms. The van der Waals surface area contributed by atoms with Crippen LogP contribution in [0, 0.1) is 11.8 Å². The Morgan fingerprint density at radius 2 is 1.88 bits per heavy atom. The second-order valence-electron chi connectivity index (χ2n) is 5.37. The first-order valence-electron chi connectivity index (χ1n) is 5.63. The van der Waals surface area contributed by atoms with Crippen LogP contribution in [-0.4, -0.2) is 24.4 Å². The summed E-state index contributed by atoms with van der Waals surface area (Å²) in [4.78, 5) is 11.2. The minimum absolute atomic E-state index is 0.0269. The highest BCUT2D eigenvalue weighted by Gasteiger charge is 2.49. The van der Waals surface area contributed by atoms with Gasteiger partial charge in [-0.15, -0.1) is 0 Å². The van der Waals surface area contributed by atoms with Gasteiger partial charge in [0.1, 0.15) is 5.60 Å². The molecule has 0 bridgehead atoms. The average molecular weight is 253 g/mol. The number of hydrogen-bond donors (Lipinski definition) is 1. The van der Waals surface area contributed by atoms with Gasteiger partial charge in [0.05, 0.1) is 5.92 Å². The summed E-state index contributed by atoms with van der Waals surface area (Å²) >= 11 is 0. The van der Waals surface area contributed by atoms with Crippen LogP contribution in [0.1, 0.15) is 33.6 Å². The van der Waals surface area contributed by atoms with Crippen LogP contribution in [-0.2, 0) is 4.74 Å². The van der Waals surface area contributed by atoms with E-state index in [0.29, 0.717) is 6.42 Å². The quantitative estimate of drug-likeness (QED) is 0.821. The van der Waals surface area contributed by atoms with Crippen LogP contribution in [0.3, 0.4) is 0 Å². The highest BCUT2D eigenvalue weighted by molar-refractivity contribution is 5.67. The van der Waals surface area contributed by atoms with Crippen molar-refractivity contribution in [1.82, 2.24) is 5.32 Å². The van der Waals surface area contributed by atoms with E-state index in [9.17, 15) is 18.0 Å². The van der Waals surface area contributed by atoms with E-state index in [4.69, 9.17) is 4.74 Å². The topological polar surface area (TPSA) is 38.3 Å². The molecule has 0 spiro atoms. The first-order chi connectivity index (χ1) is 7.59. The molecular formula is C11H18F3NO2. The van der Waals surface area contributed by atoms with Gasteiger partial charge in [0, 0.05) is 6.54 Å². The number of carbonyl (C=O) groups is 1. The predicted octanol–water partition coefficient (Wildman–Crippen LogP) is 3.10. The smallest absolute Gasteiger partial charge is 0.407 e. The Kier molecular flexibility index (Phi) is 3.94. The molecule has 0 aliphatic heterocycles. The maximum atomic E-state index is 12.4. The summed E-state index contributed by atoms with van der Waals surface area (Å²) in [5, 5.41) is 2.38. The van der Waals surface area contributed by atoms with E-state index in [1.165, 1.54) is 0 Å². The summed E-state index contributed by atoms with van der Waals surface area (Å²) in [6.07, 6.45) is -4.16. The Morgan fingerprint density at radius 3 is 2.24 bits per heavy atom. The molecule has 2 unspecified atom stereocenters. The van der Waals surface area contributed by atoms with Gasteiger partial charge in [0.2, 0.25) is 0 Å². The van der Waals surface area contributed by atoms with Crippen LogP contribution in [0.5, 0.6) is 0 Å². The number of carbonyl (C=O) groups excluding carboxylic acids is 1. The summed E-state index contributed by atoms with van der Waals surface area (Å²) in [6.45, 7) is 5.14. The fourth-order valence-electron chi connectivity index (χ4n) is 1.77. The van der Waals surface area contributed by atoms with E-state index >= 15 is 0 Å². The molecule has 1 fully saturated rings. The third-order valence-electron chi connectivity index (χ3n) is 2.75. The molecule has 1 rings (SSSR count). The Hall–Kier alpha value is -0.940. The summed E-state index contributed by atoms with van der Waals surface area (Å²) in [6, 6.07) is 0. The fourth-order valence-corrected chi connectivity index (χ4v) is 1.77. The largest absolute Gasteiger partial charge is 0.444 e. The summed E-state index contributed by atoms with van der Waals surface area (Å²) < 4.78 is 42.2. The molecule has 1 aliphatic rings. The maximum absolute atomic E-state index is 12.4. The third kappa shape index (κ3) is 4.44. The monoisotopic (exact) mass is 253 g/mol. The lowest BCUT2D eigenvalue weighted by Gasteiger charge is -2.37. The van der Waals surface area contributed by atoms with Crippen molar-refractivity contribution in [2.24, 2.45) is 11.8 Å². The normalized spacial score (nSPS) is 25.1. The molecule has 1 aliphatic carbocycles. The van der Waals surface area contributed by atoms with Crippen LogP contribution in [0.4, 0.5) is 18.0 Å². The molecule has 0 saturated heterocycles. The molecule has 3 nitrogen and oxygen atoms in total. The minimum Gasteiger partial charge on any atom is -0.444 e. The number of alkyl halides is 3. The molecule has 1 amide bonds. The van der Waals surface area contributed by atoms with E-state index in [1.54, 1.807) is 20.8 Å². The molecule has 0 aromatic rings. The Labute approximate surface area is 98.7 Å². The Morgan fingerprint density at radius 1 is 1.29 bits per heavy atom. The summed E-state index contributed by atoms with van der Waals surface area (Å²) in [5.74, 6) is -1.79. The molecule has 1 N–H and O–H groups in total. The highest BCUT2D eigenvalue weighted by atomic mass is 19.4. The molecular weight excluding hydrogens is 235 g/mol. The van der Waals surface area contributed by atoms with Gasteiger partial charge in [-0.2, -0.15) is 13.2 Å². The maximum Gasteiger partial charge on any atom is 0.407 e. The number of hydrogen-bond acceptors (Lipinski definition) is 2. The van der Waals surface area contributed by atoms with E-state index in [2.05, 4.69) is 5.32 Å². The van der Waals surface area contributed by atoms with Crippen LogP contribution in [0.2, 0.25) is 0 Å². The number of rotatable bonds is 2. The van der Waals surface area contributed by atoms with Crippen LogP contribution >= 0.6 is 0 Å². The fraction of sp³-hybridized carbons (Fsp3) is 0.909. The Bertz CT molecular complexity index is 283. The zero-order valence-corrected chi connectivity index (χ0v) is 10.2. The molecule has 6 heteroatoms. The van der Waals surface area contributed by atoms with E-state index in [-0.39, 0.29) is 13.0 Å². The van der Waals surface area contributed by atoms with Gasteiger partial charge in [0.15, 0.2) is 0 Å². The average Bonchev–Trinajstić information content (AvgIpc) is 1.94. The molecule has 1 saturated carbocycles. The van der Waals surface area contributed by atoms with Crippen molar-refractivity contribution in [3.63, 3.8) is 0 Å². The van der Waals surface area contributed by atoms with Gasteiger partial charge < -0.3 is 10.1 Å². The summed E-state index contributed by atoms with van der Waals surface area (Å²) in [7, 11) is 0. The zero-order valence-electron chi connectivity index (χ0n) is 10.2. The van der Waals surface area contributed by atoms with Crippen molar-refractivity contribution in [3.8, 4) is 0 Å². The number of amides is 1. The first-order valence-corrected chi connectivity index (χ1v) is 5.63. The molecule has 0 aromatic carbocycles. The van der Waals surface area contributed by atoms with Gasteiger partial charge >= 0.3 is 12.3 Å². The Balaban J connectivity index is 2.30. The highest BCUT2D eigenvalue weighted by Crippen LogP contribution is 2.45. The van der Waals surface area contributed by atoms with Crippen LogP contribution in [0.25, 0.3) is 0 Å². The number of alkyl carbamates (subject to hydrolysis) is 1. The van der Waals surface area contributed by atoms with Crippen molar-refractivity contribution in [1.29, 1.82) is 0 Å². The lowest BCUT2D eigenvalue weighted by Crippen LogP contribution is -2.45. The second-order valence-corrected chi connectivity index (χ2v) is 5.37. The van der Waals surface area contributed by atoms with Crippen molar-refractivity contribution in [2.75, 3.05) is 6.54 Å². The van der Waals surface area contributed by atoms with Gasteiger partial charge in [-0.3, -0.25) is 0 Å². The van der Waals surface area contributed by atoms with Gasteiger partial charge in [-0.1, -0.05) is 0 Å². The van der Waals surface area contributed by atoms with E-state index < -0.39 is 29.7 Å².